The number of fused-ring (bicyclic) bond motifs is 1. The third-order valence-electron chi connectivity index (χ3n) is 4.34. The molecule has 0 aliphatic rings. The number of aryl methyl sites for hydroxylation is 1. The van der Waals surface area contributed by atoms with Gasteiger partial charge < -0.3 is 9.55 Å². The maximum atomic E-state index is 12.5. The normalized spacial score (nSPS) is 11.4. The fourth-order valence-corrected chi connectivity index (χ4v) is 5.52. The lowest BCUT2D eigenvalue weighted by Gasteiger charge is -2.03. The highest BCUT2D eigenvalue weighted by Gasteiger charge is 2.17. The van der Waals surface area contributed by atoms with Gasteiger partial charge in [-0.05, 0) is 30.9 Å². The first-order valence-electron chi connectivity index (χ1n) is 8.50. The summed E-state index contributed by atoms with van der Waals surface area (Å²) in [5, 5.41) is 11.8. The first kappa shape index (κ1) is 19.0. The molecule has 7 nitrogen and oxygen atoms in total. The van der Waals surface area contributed by atoms with E-state index in [2.05, 4.69) is 26.2 Å². The van der Waals surface area contributed by atoms with Crippen LogP contribution in [0.15, 0.2) is 27.5 Å². The van der Waals surface area contributed by atoms with Crippen LogP contribution < -0.4 is 5.56 Å². The fraction of sp³-hybridized carbons (Fsp3) is 0.278. The Kier molecular flexibility index (Phi) is 5.17. The van der Waals surface area contributed by atoms with Gasteiger partial charge in [0.1, 0.15) is 16.5 Å². The SMILES string of the molecule is CC(=O)c1sc2nc(CSc3nnc(Cc4cccs4)n3C)[nH]c(=O)c2c1C. The summed E-state index contributed by atoms with van der Waals surface area (Å²) in [6.45, 7) is 3.29. The minimum Gasteiger partial charge on any atom is -0.309 e. The second kappa shape index (κ2) is 7.61. The number of aromatic amines is 1. The molecule has 0 fully saturated rings. The molecular weight excluding hydrogens is 414 g/mol. The molecule has 144 valence electrons. The summed E-state index contributed by atoms with van der Waals surface area (Å²) in [6, 6.07) is 4.10. The van der Waals surface area contributed by atoms with Gasteiger partial charge in [-0.15, -0.1) is 32.9 Å². The Morgan fingerprint density at radius 1 is 1.36 bits per heavy atom. The van der Waals surface area contributed by atoms with Crippen LogP contribution in [-0.4, -0.2) is 30.5 Å². The predicted molar refractivity (Wildman–Crippen MR) is 113 cm³/mol. The molecule has 0 radical (unpaired) electrons. The van der Waals surface area contributed by atoms with Crippen molar-refractivity contribution in [3.63, 3.8) is 0 Å². The molecule has 0 spiro atoms. The second-order valence-corrected chi connectivity index (χ2v) is 9.28. The Hall–Kier alpha value is -2.30. The summed E-state index contributed by atoms with van der Waals surface area (Å²) in [4.78, 5) is 34.0. The largest absolute Gasteiger partial charge is 0.309 e. The van der Waals surface area contributed by atoms with E-state index < -0.39 is 0 Å². The van der Waals surface area contributed by atoms with Gasteiger partial charge in [0.15, 0.2) is 10.9 Å². The minimum atomic E-state index is -0.210. The van der Waals surface area contributed by atoms with Crippen molar-refractivity contribution in [2.75, 3.05) is 0 Å². The molecule has 4 rings (SSSR count). The molecule has 28 heavy (non-hydrogen) atoms. The quantitative estimate of drug-likeness (QED) is 0.371. The zero-order valence-corrected chi connectivity index (χ0v) is 17.9. The van der Waals surface area contributed by atoms with Crippen LogP contribution in [0.5, 0.6) is 0 Å². The van der Waals surface area contributed by atoms with Crippen LogP contribution in [0.2, 0.25) is 0 Å². The molecule has 0 aromatic carbocycles. The lowest BCUT2D eigenvalue weighted by atomic mass is 10.2. The summed E-state index contributed by atoms with van der Waals surface area (Å²) in [5.41, 5.74) is 0.491. The maximum Gasteiger partial charge on any atom is 0.259 e. The molecule has 4 heterocycles. The highest BCUT2D eigenvalue weighted by atomic mass is 32.2. The number of nitrogens with zero attached hydrogens (tertiary/aromatic N) is 4. The number of thioether (sulfide) groups is 1. The smallest absolute Gasteiger partial charge is 0.259 e. The topological polar surface area (TPSA) is 93.5 Å². The van der Waals surface area contributed by atoms with Crippen LogP contribution in [0.4, 0.5) is 0 Å². The first-order chi connectivity index (χ1) is 13.4. The molecule has 0 bridgehead atoms. The van der Waals surface area contributed by atoms with E-state index in [0.717, 1.165) is 17.4 Å². The molecular formula is C18H17N5O2S3. The number of H-pyrrole nitrogens is 1. The van der Waals surface area contributed by atoms with Gasteiger partial charge >= 0.3 is 0 Å². The Morgan fingerprint density at radius 2 is 2.18 bits per heavy atom. The van der Waals surface area contributed by atoms with Crippen LogP contribution in [0.3, 0.4) is 0 Å². The average molecular weight is 432 g/mol. The zero-order valence-electron chi connectivity index (χ0n) is 15.5. The molecule has 0 atom stereocenters. The summed E-state index contributed by atoms with van der Waals surface area (Å²) in [6.07, 6.45) is 0.741. The third kappa shape index (κ3) is 3.54. The van der Waals surface area contributed by atoms with Crippen molar-refractivity contribution < 1.29 is 4.79 Å². The highest BCUT2D eigenvalue weighted by Crippen LogP contribution is 2.28. The summed E-state index contributed by atoms with van der Waals surface area (Å²) < 4.78 is 1.96. The molecule has 0 unspecified atom stereocenters. The van der Waals surface area contributed by atoms with Gasteiger partial charge in [-0.25, -0.2) is 4.98 Å². The average Bonchev–Trinajstić information content (AvgIpc) is 3.35. The number of hydrogen-bond acceptors (Lipinski definition) is 8. The van der Waals surface area contributed by atoms with Gasteiger partial charge in [-0.3, -0.25) is 9.59 Å². The Labute approximate surface area is 172 Å². The Bertz CT molecular complexity index is 1220. The summed E-state index contributed by atoms with van der Waals surface area (Å²) in [5.74, 6) is 1.86. The molecule has 0 aliphatic carbocycles. The number of ketones is 1. The van der Waals surface area contributed by atoms with Crippen LogP contribution >= 0.6 is 34.4 Å². The molecule has 4 aromatic rings. The van der Waals surface area contributed by atoms with Gasteiger partial charge in [0.2, 0.25) is 0 Å². The van der Waals surface area contributed by atoms with Gasteiger partial charge in [-0.1, -0.05) is 17.8 Å². The number of thiophene rings is 2. The van der Waals surface area contributed by atoms with Crippen LogP contribution in [-0.2, 0) is 19.2 Å². The van der Waals surface area contributed by atoms with E-state index in [9.17, 15) is 9.59 Å². The number of Topliss-reactive ketones (excluding diaryl/α,β-unsaturated/α-hetero) is 1. The number of rotatable bonds is 6. The van der Waals surface area contributed by atoms with Crippen molar-refractivity contribution in [3.8, 4) is 0 Å². The Morgan fingerprint density at radius 3 is 2.89 bits per heavy atom. The van der Waals surface area contributed by atoms with Gasteiger partial charge in [0.25, 0.3) is 5.56 Å². The van der Waals surface area contributed by atoms with Crippen LogP contribution in [0, 0.1) is 6.92 Å². The standard InChI is InChI=1S/C18H17N5O2S3/c1-9-14-16(25)19-12(20-17(14)28-15(9)10(2)24)8-27-18-22-21-13(23(18)3)7-11-5-4-6-26-11/h4-6H,7-8H2,1-3H3,(H,19,20,25). The lowest BCUT2D eigenvalue weighted by molar-refractivity contribution is 0.102. The van der Waals surface area contributed by atoms with Gasteiger partial charge in [-0.2, -0.15) is 0 Å². The molecule has 10 heteroatoms. The molecule has 0 saturated carbocycles. The van der Waals surface area contributed by atoms with Crippen molar-refractivity contribution in [3.05, 3.63) is 54.8 Å². The van der Waals surface area contributed by atoms with Crippen molar-refractivity contribution >= 4 is 50.4 Å². The maximum absolute atomic E-state index is 12.5. The summed E-state index contributed by atoms with van der Waals surface area (Å²) >= 11 is 4.43. The first-order valence-corrected chi connectivity index (χ1v) is 11.2. The van der Waals surface area contributed by atoms with E-state index in [1.807, 2.05) is 23.1 Å². The minimum absolute atomic E-state index is 0.0480. The number of carbonyl (C=O) groups is 1. The van der Waals surface area contributed by atoms with Crippen LogP contribution in [0.1, 0.15) is 38.7 Å². The van der Waals surface area contributed by atoms with Crippen LogP contribution in [0.25, 0.3) is 10.2 Å². The number of nitrogens with one attached hydrogen (secondary N) is 1. The van der Waals surface area contributed by atoms with Gasteiger partial charge in [0, 0.05) is 18.3 Å². The molecule has 4 aromatic heterocycles. The number of carbonyl (C=O) groups excluding carboxylic acids is 1. The molecule has 0 aliphatic heterocycles. The molecule has 1 N–H and O–H groups in total. The Balaban J connectivity index is 1.55. The lowest BCUT2D eigenvalue weighted by Crippen LogP contribution is -2.11. The van der Waals surface area contributed by atoms with E-state index in [4.69, 9.17) is 0 Å². The van der Waals surface area contributed by atoms with E-state index in [-0.39, 0.29) is 11.3 Å². The molecule has 0 amide bonds. The van der Waals surface area contributed by atoms with Crippen molar-refractivity contribution in [1.82, 2.24) is 24.7 Å². The third-order valence-corrected chi connectivity index (χ3v) is 7.54. The predicted octanol–water partition coefficient (Wildman–Crippen LogP) is 3.57. The van der Waals surface area contributed by atoms with E-state index >= 15 is 0 Å². The second-order valence-electron chi connectivity index (χ2n) is 6.31. The van der Waals surface area contributed by atoms with E-state index in [1.165, 1.54) is 34.9 Å². The van der Waals surface area contributed by atoms with E-state index in [1.54, 1.807) is 18.3 Å². The van der Waals surface area contributed by atoms with E-state index in [0.29, 0.717) is 32.2 Å². The van der Waals surface area contributed by atoms with Crippen molar-refractivity contribution in [2.45, 2.75) is 31.2 Å². The monoisotopic (exact) mass is 431 g/mol. The summed E-state index contributed by atoms with van der Waals surface area (Å²) in [7, 11) is 1.94. The number of aromatic nitrogens is 5. The molecule has 0 saturated heterocycles. The zero-order chi connectivity index (χ0) is 19.8. The highest BCUT2D eigenvalue weighted by molar-refractivity contribution is 7.98. The van der Waals surface area contributed by atoms with Crippen molar-refractivity contribution in [2.24, 2.45) is 7.05 Å². The number of hydrogen-bond donors (Lipinski definition) is 1. The fourth-order valence-electron chi connectivity index (χ4n) is 2.92. The van der Waals surface area contributed by atoms with Gasteiger partial charge in [0.05, 0.1) is 16.0 Å². The van der Waals surface area contributed by atoms with Crippen molar-refractivity contribution in [1.29, 1.82) is 0 Å².